The maximum absolute atomic E-state index is 13.0. The smallest absolute Gasteiger partial charge is 0.328 e. The number of alkyl halides is 1. The minimum Gasteiger partial charge on any atom is -0.340 e. The number of halogens is 4. The highest BCUT2D eigenvalue weighted by atomic mass is 127. The Labute approximate surface area is 87.5 Å². The van der Waals surface area contributed by atoms with Gasteiger partial charge in [0.2, 0.25) is 0 Å². The monoisotopic (exact) mass is 383 g/mol. The van der Waals surface area contributed by atoms with Gasteiger partial charge in [0.25, 0.3) is 0 Å². The third-order valence-electron chi connectivity index (χ3n) is 1.17. The zero-order valence-electron chi connectivity index (χ0n) is 5.85. The molecule has 0 saturated heterocycles. The van der Waals surface area contributed by atoms with E-state index in [2.05, 4.69) is 14.8 Å². The van der Waals surface area contributed by atoms with Gasteiger partial charge in [0.1, 0.15) is 0 Å². The first-order valence-electron chi connectivity index (χ1n) is 2.35. The van der Waals surface area contributed by atoms with Crippen LogP contribution in [0.2, 0.25) is 0 Å². The zero-order chi connectivity index (χ0) is 9.62. The fourth-order valence-electron chi connectivity index (χ4n) is 0.117. The molecule has 0 fully saturated rings. The summed E-state index contributed by atoms with van der Waals surface area (Å²) in [5.41, 5.74) is 4.82. The van der Waals surface area contributed by atoms with Crippen molar-refractivity contribution in [1.82, 2.24) is 0 Å². The minimum atomic E-state index is -4.36. The van der Waals surface area contributed by atoms with Crippen molar-refractivity contribution in [3.63, 3.8) is 0 Å². The number of nitrogens with two attached hydrogens (primary N) is 1. The summed E-state index contributed by atoms with van der Waals surface area (Å²) in [6.45, 7) is 0. The summed E-state index contributed by atoms with van der Waals surface area (Å²) >= 11 is 4.25. The predicted molar refractivity (Wildman–Crippen MR) is 59.6 cm³/mol. The van der Waals surface area contributed by atoms with Crippen molar-refractivity contribution in [3.05, 3.63) is 0 Å². The molecule has 0 spiro atoms. The van der Waals surface area contributed by atoms with Crippen LogP contribution in [0.5, 0.6) is 0 Å². The molecule has 0 bridgehead atoms. The van der Waals surface area contributed by atoms with Gasteiger partial charge in [0, 0.05) is 52.8 Å². The molecule has 0 saturated carbocycles. The average Bonchev–Trinajstić information content (AvgIpc) is 1.60. The van der Waals surface area contributed by atoms with Gasteiger partial charge in [0.15, 0.2) is 0 Å². The molecule has 0 heterocycles. The molecule has 0 radical (unpaired) electrons. The van der Waals surface area contributed by atoms with E-state index >= 15 is 0 Å². The van der Waals surface area contributed by atoms with E-state index in [9.17, 15) is 4.39 Å². The molecular weight excluding hydrogens is 375 g/mol. The first-order valence-corrected chi connectivity index (χ1v) is 10.3. The minimum absolute atomic E-state index is 1.16. The van der Waals surface area contributed by atoms with Gasteiger partial charge in [-0.15, -0.1) is 0 Å². The maximum atomic E-state index is 13.0. The van der Waals surface area contributed by atoms with E-state index in [1.807, 2.05) is 0 Å². The quantitative estimate of drug-likeness (QED) is 0.437. The molecule has 3 nitrogen and oxygen atoms in total. The molecule has 0 aromatic rings. The molecular formula is C3H9BrClFINO2S. The summed E-state index contributed by atoms with van der Waals surface area (Å²) in [5.74, 6) is 0. The molecule has 0 rings (SSSR count). The van der Waals surface area contributed by atoms with Gasteiger partial charge >= 0.3 is 5.31 Å². The maximum Gasteiger partial charge on any atom is 0.328 e. The standard InChI is InChI=1S/C3H9BrClFINO2S/c1-10-11(2,4,5,7)3(6,8)9/h9H,8H2,1-2H3. The molecule has 0 aromatic carbocycles. The van der Waals surface area contributed by atoms with Crippen molar-refractivity contribution < 1.29 is 13.7 Å². The van der Waals surface area contributed by atoms with E-state index in [1.54, 1.807) is 0 Å². The fraction of sp³-hybridized carbons (Fsp3) is 1.00. The van der Waals surface area contributed by atoms with Crippen LogP contribution in [0.25, 0.3) is 0 Å². The van der Waals surface area contributed by atoms with E-state index in [0.717, 1.165) is 7.11 Å². The van der Waals surface area contributed by atoms with Gasteiger partial charge in [0.05, 0.1) is 0 Å². The lowest BCUT2D eigenvalue weighted by Gasteiger charge is -2.63. The molecule has 0 amide bonds. The second-order valence-corrected chi connectivity index (χ2v) is 28.6. The lowest BCUT2D eigenvalue weighted by Crippen LogP contribution is -2.48. The van der Waals surface area contributed by atoms with Crippen LogP contribution in [-0.2, 0) is 4.18 Å². The van der Waals surface area contributed by atoms with Crippen LogP contribution < -0.4 is 5.73 Å². The number of hydrogen-bond donors (Lipinski definition) is 2. The van der Waals surface area contributed by atoms with E-state index in [1.165, 1.54) is 27.5 Å². The summed E-state index contributed by atoms with van der Waals surface area (Å²) in [5, 5.41) is 5.80. The van der Waals surface area contributed by atoms with Crippen molar-refractivity contribution in [2.24, 2.45) is 5.73 Å². The third kappa shape index (κ3) is 2.32. The van der Waals surface area contributed by atoms with Crippen molar-refractivity contribution in [2.45, 2.75) is 5.31 Å². The summed E-state index contributed by atoms with van der Waals surface area (Å²) in [7, 11) is 6.92. The lowest BCUT2D eigenvalue weighted by molar-refractivity contribution is -0.00155. The molecule has 0 aliphatic rings. The average molecular weight is 384 g/mol. The zero-order valence-corrected chi connectivity index (χ0v) is 11.2. The Morgan fingerprint density at radius 1 is 1.91 bits per heavy atom. The number of rotatable bonds is 2. The molecule has 0 aliphatic heterocycles. The topological polar surface area (TPSA) is 55.5 Å². The predicted octanol–water partition coefficient (Wildman–Crippen LogP) is 2.40. The first-order chi connectivity index (χ1) is 4.33. The second kappa shape index (κ2) is 2.37. The molecule has 8 heteroatoms. The summed E-state index contributed by atoms with van der Waals surface area (Å²) < 4.78 is 13.4. The SMILES string of the molecule is COS(C)(Cl)(Br)(I)C(N)(O)F. The van der Waals surface area contributed by atoms with Crippen LogP contribution >= 0.6 is 50.1 Å². The van der Waals surface area contributed by atoms with Crippen LogP contribution in [0, 0.1) is 0 Å². The molecule has 11 heavy (non-hydrogen) atoms. The highest BCUT2D eigenvalue weighted by molar-refractivity contribution is 14.2. The van der Waals surface area contributed by atoms with Crippen molar-refractivity contribution in [1.29, 1.82) is 0 Å². The van der Waals surface area contributed by atoms with Crippen LogP contribution in [0.4, 0.5) is 4.39 Å². The van der Waals surface area contributed by atoms with Gasteiger partial charge in [-0.2, -0.15) is 4.39 Å². The van der Waals surface area contributed by atoms with Crippen LogP contribution in [-0.4, -0.2) is 23.8 Å². The fourth-order valence-corrected chi connectivity index (χ4v) is 0.351. The molecule has 1 atom stereocenters. The van der Waals surface area contributed by atoms with Gasteiger partial charge in [-0.3, -0.25) is 5.73 Å². The van der Waals surface area contributed by atoms with E-state index in [4.69, 9.17) is 25.7 Å². The molecule has 1 unspecified atom stereocenters. The highest BCUT2D eigenvalue weighted by Gasteiger charge is 2.66. The van der Waals surface area contributed by atoms with Gasteiger partial charge in [-0.1, -0.05) is 0 Å². The van der Waals surface area contributed by atoms with E-state index in [0.29, 0.717) is 0 Å². The second-order valence-electron chi connectivity index (χ2n) is 2.29. The normalized spacial score (nSPS) is 25.1. The lowest BCUT2D eigenvalue weighted by atomic mass is 11.3. The van der Waals surface area contributed by atoms with Gasteiger partial charge in [-0.05, 0) is 10.7 Å². The van der Waals surface area contributed by atoms with E-state index < -0.39 is 8.70 Å². The number of aliphatic hydroxyl groups is 1. The Hall–Kier alpha value is 1.66. The Kier molecular flexibility index (Phi) is 2.72. The van der Waals surface area contributed by atoms with Gasteiger partial charge < -0.3 is 9.29 Å². The Balaban J connectivity index is 5.29. The van der Waals surface area contributed by atoms with Gasteiger partial charge in [-0.25, -0.2) is 0 Å². The Morgan fingerprint density at radius 2 is 2.18 bits per heavy atom. The summed E-state index contributed by atoms with van der Waals surface area (Å²) in [6, 6.07) is 0. The Bertz CT molecular complexity index is 186. The summed E-state index contributed by atoms with van der Waals surface area (Å²) in [4.78, 5) is 0. The van der Waals surface area contributed by atoms with E-state index in [-0.39, 0.29) is 0 Å². The first kappa shape index (κ1) is 12.7. The molecule has 3 N–H and O–H groups in total. The molecule has 72 valence electrons. The van der Waals surface area contributed by atoms with Crippen molar-refractivity contribution in [2.75, 3.05) is 13.4 Å². The highest BCUT2D eigenvalue weighted by Crippen LogP contribution is 3.07. The van der Waals surface area contributed by atoms with Crippen molar-refractivity contribution >= 4 is 50.1 Å². The largest absolute Gasteiger partial charge is 0.340 e. The third-order valence-corrected chi connectivity index (χ3v) is 9.61. The molecule has 0 aromatic heterocycles. The van der Waals surface area contributed by atoms with Crippen LogP contribution in [0.15, 0.2) is 0 Å². The van der Waals surface area contributed by atoms with Crippen molar-refractivity contribution in [3.8, 4) is 0 Å². The van der Waals surface area contributed by atoms with Crippen LogP contribution in [0.3, 0.4) is 0 Å². The van der Waals surface area contributed by atoms with Crippen LogP contribution in [0.1, 0.15) is 0 Å². The summed E-state index contributed by atoms with van der Waals surface area (Å²) in [6.07, 6.45) is 1.18. The molecule has 0 aliphatic carbocycles. The Morgan fingerprint density at radius 3 is 2.18 bits per heavy atom. The number of hydrogen-bond acceptors (Lipinski definition) is 3.